The Kier molecular flexibility index (Phi) is 2940. The van der Waals surface area contributed by atoms with E-state index < -0.39 is 0 Å². The van der Waals surface area contributed by atoms with Gasteiger partial charge in [-0.15, -0.1) is 0 Å². The summed E-state index contributed by atoms with van der Waals surface area (Å²) in [4.78, 5) is 0. The van der Waals surface area contributed by atoms with Crippen molar-refractivity contribution in [3.63, 3.8) is 0 Å². The van der Waals surface area contributed by atoms with Crippen LogP contribution in [-0.2, 0) is 0 Å². The molecule has 0 aliphatic heterocycles. The molecule has 0 unspecified atom stereocenters. The van der Waals surface area contributed by atoms with E-state index in [9.17, 15) is 0 Å². The van der Waals surface area contributed by atoms with Gasteiger partial charge in [0.05, 0.1) is 0 Å². The molecule has 0 spiro atoms. The minimum Gasteiger partial charge on any atom is -0.169 e. The van der Waals surface area contributed by atoms with Crippen molar-refractivity contribution in [1.29, 1.82) is 0 Å². The maximum absolute atomic E-state index is 2.04. The van der Waals surface area contributed by atoms with Crippen LogP contribution in [0.4, 0.5) is 0 Å². The van der Waals surface area contributed by atoms with Gasteiger partial charge in [0.2, 0.25) is 0 Å². The first kappa shape index (κ1) is 276. The second-order valence-corrected chi connectivity index (χ2v) is 23.3. The second kappa shape index (κ2) is 807. The van der Waals surface area contributed by atoms with Crippen molar-refractivity contribution in [1.82, 2.24) is 0 Å². The van der Waals surface area contributed by atoms with E-state index in [1.54, 1.807) is 223 Å². The smallest absolute Gasteiger partial charge is 0.0187 e. The van der Waals surface area contributed by atoms with E-state index in [0.29, 0.717) is 0 Å². The molecule has 0 aromatic heterocycles. The standard InChI is InChI=1S/19C2H6S.19CH4/c19*1-3-2;;;;;;;;;;;;;;;;;;;/h19*1-2H3;19*1H4. The minimum atomic E-state index is 0. The van der Waals surface area contributed by atoms with Crippen LogP contribution in [0.1, 0.15) is 141 Å². The average molecular weight is 1490 g/mol. The summed E-state index contributed by atoms with van der Waals surface area (Å²) in [5, 5.41) is 0. The molecule has 0 bridgehead atoms. The van der Waals surface area contributed by atoms with E-state index in [1.165, 1.54) is 0 Å². The molecule has 0 amide bonds. The van der Waals surface area contributed by atoms with Crippen molar-refractivity contribution in [2.45, 2.75) is 141 Å². The number of rotatable bonds is 0. The molecule has 0 nitrogen and oxygen atoms in total. The highest BCUT2D eigenvalue weighted by molar-refractivity contribution is 8.01. The molecule has 0 aromatic rings. The summed E-state index contributed by atoms with van der Waals surface area (Å²) in [7, 11) is 0. The van der Waals surface area contributed by atoms with Gasteiger partial charge >= 0.3 is 0 Å². The van der Waals surface area contributed by atoms with Crippen LogP contribution >= 0.6 is 223 Å². The van der Waals surface area contributed by atoms with Gasteiger partial charge in [-0.1, -0.05) is 141 Å². The van der Waals surface area contributed by atoms with Gasteiger partial charge in [-0.25, -0.2) is 0 Å². The summed E-state index contributed by atoms with van der Waals surface area (Å²) in [6.45, 7) is 0. The Bertz CT molecular complexity index is 142. The van der Waals surface area contributed by atoms with Gasteiger partial charge in [-0.05, 0) is 238 Å². The van der Waals surface area contributed by atoms with Crippen LogP contribution in [0.5, 0.6) is 0 Å². The van der Waals surface area contributed by atoms with Crippen molar-refractivity contribution in [3.8, 4) is 0 Å². The highest BCUT2D eigenvalue weighted by Gasteiger charge is 1.38. The van der Waals surface area contributed by atoms with Crippen molar-refractivity contribution in [2.75, 3.05) is 238 Å². The van der Waals surface area contributed by atoms with Crippen LogP contribution in [-0.4, -0.2) is 238 Å². The fourth-order valence-corrected chi connectivity index (χ4v) is 0. The zero-order valence-electron chi connectivity index (χ0n) is 45.8. The summed E-state index contributed by atoms with van der Waals surface area (Å²) < 4.78 is 0. The molecular formula is C57H190S19. The third kappa shape index (κ3) is 11600. The van der Waals surface area contributed by atoms with Crippen LogP contribution in [0.25, 0.3) is 0 Å². The van der Waals surface area contributed by atoms with Gasteiger partial charge in [0.15, 0.2) is 0 Å². The molecule has 532 valence electrons. The molecule has 0 N–H and O–H groups in total. The molecule has 0 atom stereocenters. The molecule has 0 fully saturated rings. The summed E-state index contributed by atoms with van der Waals surface area (Å²) >= 11 is 33.2. The summed E-state index contributed by atoms with van der Waals surface area (Å²) in [6.07, 6.45) is 77.6. The first-order chi connectivity index (χ1) is 26.9. The molecule has 0 saturated heterocycles. The zero-order valence-corrected chi connectivity index (χ0v) is 61.3. The largest absolute Gasteiger partial charge is 0.169 e. The van der Waals surface area contributed by atoms with Crippen LogP contribution < -0.4 is 0 Å². The lowest BCUT2D eigenvalue weighted by atomic mass is 11.9. The summed E-state index contributed by atoms with van der Waals surface area (Å²) in [5.74, 6) is 0. The normalized spacial score (nSPS) is 4.50. The fourth-order valence-electron chi connectivity index (χ4n) is 0. The van der Waals surface area contributed by atoms with Gasteiger partial charge in [-0.3, -0.25) is 0 Å². The van der Waals surface area contributed by atoms with Gasteiger partial charge in [0.25, 0.3) is 0 Å². The molecule has 0 aromatic carbocycles. The van der Waals surface area contributed by atoms with Gasteiger partial charge in [0.1, 0.15) is 0 Å². The first-order valence-corrected chi connectivity index (χ1v) is 46.5. The molecule has 0 saturated carbocycles. The van der Waals surface area contributed by atoms with Crippen LogP contribution in [0.3, 0.4) is 0 Å². The number of hydrogen-bond donors (Lipinski definition) is 0. The Hall–Kier alpha value is 6.65. The lowest BCUT2D eigenvalue weighted by molar-refractivity contribution is 2.37. The lowest BCUT2D eigenvalue weighted by Gasteiger charge is -1.51. The Morgan fingerprint density at radius 1 is 0.0658 bits per heavy atom. The monoisotopic (exact) mass is 1480 g/mol. The van der Waals surface area contributed by atoms with E-state index in [-0.39, 0.29) is 141 Å². The quantitative estimate of drug-likeness (QED) is 0.226. The maximum atomic E-state index is 2.04. The SMILES string of the molecule is C.C.C.C.C.C.C.C.C.C.C.C.C.C.C.C.C.C.C.CSC.CSC.CSC.CSC.CSC.CSC.CSC.CSC.CSC.CSC.CSC.CSC.CSC.CSC.CSC.CSC.CSC.CSC.CSC. The average Bonchev–Trinajstić information content (AvgIpc) is 3.08. The maximum Gasteiger partial charge on any atom is -0.0187 e. The first-order valence-electron chi connectivity index (χ1n) is 15.5. The van der Waals surface area contributed by atoms with Gasteiger partial charge in [-0.2, -0.15) is 223 Å². The van der Waals surface area contributed by atoms with Crippen molar-refractivity contribution in [3.05, 3.63) is 0 Å². The van der Waals surface area contributed by atoms with Gasteiger partial charge < -0.3 is 0 Å². The Labute approximate surface area is 595 Å². The highest BCUT2D eigenvalue weighted by Crippen LogP contribution is 1.75. The predicted molar refractivity (Wildman–Crippen MR) is 497 cm³/mol. The highest BCUT2D eigenvalue weighted by atomic mass is 32.2. The van der Waals surface area contributed by atoms with E-state index in [1.807, 2.05) is 238 Å². The Morgan fingerprint density at radius 3 is 0.0658 bits per heavy atom. The Balaban J connectivity index is -0.00000000549. The van der Waals surface area contributed by atoms with Crippen molar-refractivity contribution >= 4 is 223 Å². The fraction of sp³-hybridized carbons (Fsp3) is 1.00. The molecular weight excluding hydrogens is 1290 g/mol. The molecule has 0 rings (SSSR count). The predicted octanol–water partition coefficient (Wildman–Crippen LogP) is 30.7. The Morgan fingerprint density at radius 2 is 0.0658 bits per heavy atom. The summed E-state index contributed by atoms with van der Waals surface area (Å²) in [5.41, 5.74) is 0. The third-order valence-electron chi connectivity index (χ3n) is 0. The lowest BCUT2D eigenvalue weighted by Crippen LogP contribution is -1.25. The van der Waals surface area contributed by atoms with E-state index >= 15 is 0 Å². The van der Waals surface area contributed by atoms with Crippen LogP contribution in [0.15, 0.2) is 0 Å². The topological polar surface area (TPSA) is 0 Å². The molecule has 19 heteroatoms. The van der Waals surface area contributed by atoms with Crippen LogP contribution in [0.2, 0.25) is 0 Å². The second-order valence-electron chi connectivity index (χ2n) is 7.76. The minimum absolute atomic E-state index is 0. The van der Waals surface area contributed by atoms with E-state index in [0.717, 1.165) is 0 Å². The molecule has 76 heavy (non-hydrogen) atoms. The molecule has 0 heterocycles. The van der Waals surface area contributed by atoms with Crippen LogP contribution in [0, 0.1) is 0 Å². The summed E-state index contributed by atoms with van der Waals surface area (Å²) in [6, 6.07) is 0. The van der Waals surface area contributed by atoms with E-state index in [4.69, 9.17) is 0 Å². The molecule has 0 radical (unpaired) electrons. The van der Waals surface area contributed by atoms with Crippen molar-refractivity contribution in [2.24, 2.45) is 0 Å². The number of hydrogen-bond acceptors (Lipinski definition) is 19. The van der Waals surface area contributed by atoms with Gasteiger partial charge in [0, 0.05) is 0 Å². The molecule has 0 aliphatic rings. The zero-order chi connectivity index (χ0) is 51.4. The van der Waals surface area contributed by atoms with E-state index in [2.05, 4.69) is 0 Å². The number of thioether (sulfide) groups is 19. The van der Waals surface area contributed by atoms with Crippen molar-refractivity contribution < 1.29 is 0 Å². The third-order valence-corrected chi connectivity index (χ3v) is 0. The molecule has 0 aliphatic carbocycles.